The van der Waals surface area contributed by atoms with Gasteiger partial charge in [-0.25, -0.2) is 0 Å². The number of nitrogens with zero attached hydrogens (tertiary/aromatic N) is 1. The number of carbonyl (C=O) groups is 1. The maximum atomic E-state index is 11.8. The van der Waals surface area contributed by atoms with Gasteiger partial charge in [0.1, 0.15) is 0 Å². The topological polar surface area (TPSA) is 46.3 Å². The Labute approximate surface area is 80.3 Å². The van der Waals surface area contributed by atoms with Crippen LogP contribution in [0.3, 0.4) is 0 Å². The molecule has 0 aromatic carbocycles. The second-order valence-corrected chi connectivity index (χ2v) is 3.69. The molecule has 0 atom stereocenters. The molecule has 3 nitrogen and oxygen atoms in total. The van der Waals surface area contributed by atoms with Crippen molar-refractivity contribution < 1.29 is 4.79 Å². The third kappa shape index (κ3) is 2.69. The number of carbonyl (C=O) groups excluding carboxylic acids is 1. The molecule has 0 aromatic heterocycles. The van der Waals surface area contributed by atoms with Crippen LogP contribution in [-0.4, -0.2) is 30.4 Å². The highest BCUT2D eigenvalue weighted by molar-refractivity contribution is 5.79. The van der Waals surface area contributed by atoms with Crippen LogP contribution >= 0.6 is 0 Å². The fourth-order valence-electron chi connectivity index (χ4n) is 2.01. The highest BCUT2D eigenvalue weighted by Crippen LogP contribution is 2.26. The molecule has 0 unspecified atom stereocenters. The number of likely N-dealkylation sites (N-methyl/N-ethyl adjacent to an activating group) is 1. The van der Waals surface area contributed by atoms with E-state index in [-0.39, 0.29) is 0 Å². The Morgan fingerprint density at radius 3 is 2.54 bits per heavy atom. The van der Waals surface area contributed by atoms with Gasteiger partial charge in [-0.05, 0) is 19.8 Å². The summed E-state index contributed by atoms with van der Waals surface area (Å²) in [5.41, 5.74) is 5.45. The molecule has 1 aliphatic carbocycles. The van der Waals surface area contributed by atoms with Gasteiger partial charge in [0.05, 0.1) is 0 Å². The van der Waals surface area contributed by atoms with E-state index in [1.54, 1.807) is 0 Å². The molecule has 1 rings (SSSR count). The van der Waals surface area contributed by atoms with Crippen molar-refractivity contribution in [3.63, 3.8) is 0 Å². The average molecular weight is 184 g/mol. The molecule has 1 saturated carbocycles. The first kappa shape index (κ1) is 10.5. The highest BCUT2D eigenvalue weighted by Gasteiger charge is 2.25. The van der Waals surface area contributed by atoms with Crippen LogP contribution in [-0.2, 0) is 4.79 Å². The molecule has 1 fully saturated rings. The Morgan fingerprint density at radius 1 is 1.46 bits per heavy atom. The van der Waals surface area contributed by atoms with Gasteiger partial charge in [-0.2, -0.15) is 0 Å². The fraction of sp³-hybridized carbons (Fsp3) is 0.900. The van der Waals surface area contributed by atoms with Crippen LogP contribution in [0.25, 0.3) is 0 Å². The third-order valence-electron chi connectivity index (χ3n) is 2.80. The van der Waals surface area contributed by atoms with Gasteiger partial charge in [-0.1, -0.05) is 12.8 Å². The van der Waals surface area contributed by atoms with Gasteiger partial charge in [0.2, 0.25) is 5.91 Å². The molecule has 0 saturated heterocycles. The van der Waals surface area contributed by atoms with Crippen LogP contribution < -0.4 is 5.73 Å². The van der Waals surface area contributed by atoms with Gasteiger partial charge in [-0.15, -0.1) is 0 Å². The van der Waals surface area contributed by atoms with Gasteiger partial charge in [0, 0.05) is 25.6 Å². The maximum Gasteiger partial charge on any atom is 0.225 e. The molecule has 3 heteroatoms. The molecule has 2 N–H and O–H groups in total. The standard InChI is InChI=1S/C10H20N2O/c1-2-12(8-7-11)10(13)9-5-3-4-6-9/h9H,2-8,11H2,1H3. The van der Waals surface area contributed by atoms with Crippen molar-refractivity contribution in [2.45, 2.75) is 32.6 Å². The van der Waals surface area contributed by atoms with E-state index in [0.29, 0.717) is 24.9 Å². The summed E-state index contributed by atoms with van der Waals surface area (Å²) in [6, 6.07) is 0. The predicted octanol–water partition coefficient (Wildman–Crippen LogP) is 0.984. The summed E-state index contributed by atoms with van der Waals surface area (Å²) in [5, 5.41) is 0. The summed E-state index contributed by atoms with van der Waals surface area (Å²) in [6.45, 7) is 4.10. The van der Waals surface area contributed by atoms with Crippen molar-refractivity contribution in [3.8, 4) is 0 Å². The minimum Gasteiger partial charge on any atom is -0.341 e. The quantitative estimate of drug-likeness (QED) is 0.708. The van der Waals surface area contributed by atoms with E-state index in [9.17, 15) is 4.79 Å². The molecule has 0 radical (unpaired) electrons. The number of hydrogen-bond donors (Lipinski definition) is 1. The van der Waals surface area contributed by atoms with Crippen molar-refractivity contribution in [2.75, 3.05) is 19.6 Å². The van der Waals surface area contributed by atoms with Gasteiger partial charge in [0.15, 0.2) is 0 Å². The Kier molecular flexibility index (Phi) is 4.22. The summed E-state index contributed by atoms with van der Waals surface area (Å²) < 4.78 is 0. The molecule has 76 valence electrons. The number of hydrogen-bond acceptors (Lipinski definition) is 2. The van der Waals surface area contributed by atoms with Crippen molar-refractivity contribution in [1.29, 1.82) is 0 Å². The Morgan fingerprint density at radius 2 is 2.08 bits per heavy atom. The summed E-state index contributed by atoms with van der Waals surface area (Å²) in [4.78, 5) is 13.7. The number of rotatable bonds is 4. The average Bonchev–Trinajstić information content (AvgIpc) is 2.65. The minimum atomic E-state index is 0.298. The van der Waals surface area contributed by atoms with E-state index < -0.39 is 0 Å². The van der Waals surface area contributed by atoms with Gasteiger partial charge < -0.3 is 10.6 Å². The normalized spacial score (nSPS) is 17.7. The molecule has 1 aliphatic rings. The van der Waals surface area contributed by atoms with E-state index in [0.717, 1.165) is 19.4 Å². The smallest absolute Gasteiger partial charge is 0.225 e. The summed E-state index contributed by atoms with van der Waals surface area (Å²) in [5.74, 6) is 0.622. The molecule has 0 aromatic rings. The predicted molar refractivity (Wildman–Crippen MR) is 53.3 cm³/mol. The Hall–Kier alpha value is -0.570. The maximum absolute atomic E-state index is 11.8. The highest BCUT2D eigenvalue weighted by atomic mass is 16.2. The first-order valence-electron chi connectivity index (χ1n) is 5.28. The lowest BCUT2D eigenvalue weighted by molar-refractivity contribution is -0.135. The van der Waals surface area contributed by atoms with E-state index in [2.05, 4.69) is 0 Å². The molecule has 13 heavy (non-hydrogen) atoms. The monoisotopic (exact) mass is 184 g/mol. The minimum absolute atomic E-state index is 0.298. The van der Waals surface area contributed by atoms with E-state index in [1.165, 1.54) is 12.8 Å². The molecule has 0 aliphatic heterocycles. The van der Waals surface area contributed by atoms with Crippen LogP contribution in [0.4, 0.5) is 0 Å². The largest absolute Gasteiger partial charge is 0.341 e. The van der Waals surface area contributed by atoms with Crippen LogP contribution in [0, 0.1) is 5.92 Å². The molecule has 0 bridgehead atoms. The van der Waals surface area contributed by atoms with Crippen molar-refractivity contribution in [2.24, 2.45) is 11.7 Å². The molecule has 0 spiro atoms. The third-order valence-corrected chi connectivity index (χ3v) is 2.80. The van der Waals surface area contributed by atoms with E-state index in [1.807, 2.05) is 11.8 Å². The lowest BCUT2D eigenvalue weighted by Gasteiger charge is -2.23. The van der Waals surface area contributed by atoms with Gasteiger partial charge in [-0.3, -0.25) is 4.79 Å². The van der Waals surface area contributed by atoms with Gasteiger partial charge >= 0.3 is 0 Å². The summed E-state index contributed by atoms with van der Waals surface area (Å²) in [7, 11) is 0. The molecular formula is C10H20N2O. The second kappa shape index (κ2) is 5.22. The van der Waals surface area contributed by atoms with Crippen molar-refractivity contribution in [1.82, 2.24) is 4.90 Å². The number of amides is 1. The summed E-state index contributed by atoms with van der Waals surface area (Å²) >= 11 is 0. The second-order valence-electron chi connectivity index (χ2n) is 3.69. The van der Waals surface area contributed by atoms with Crippen LogP contribution in [0.1, 0.15) is 32.6 Å². The summed E-state index contributed by atoms with van der Waals surface area (Å²) in [6.07, 6.45) is 4.60. The van der Waals surface area contributed by atoms with Gasteiger partial charge in [0.25, 0.3) is 0 Å². The van der Waals surface area contributed by atoms with E-state index in [4.69, 9.17) is 5.73 Å². The zero-order valence-electron chi connectivity index (χ0n) is 8.46. The van der Waals surface area contributed by atoms with Crippen LogP contribution in [0.2, 0.25) is 0 Å². The van der Waals surface area contributed by atoms with Crippen molar-refractivity contribution in [3.05, 3.63) is 0 Å². The zero-order valence-corrected chi connectivity index (χ0v) is 8.46. The fourth-order valence-corrected chi connectivity index (χ4v) is 2.01. The van der Waals surface area contributed by atoms with Crippen LogP contribution in [0.5, 0.6) is 0 Å². The lowest BCUT2D eigenvalue weighted by Crippen LogP contribution is -2.38. The first-order valence-corrected chi connectivity index (χ1v) is 5.28. The SMILES string of the molecule is CCN(CCN)C(=O)C1CCCC1. The lowest BCUT2D eigenvalue weighted by atomic mass is 10.1. The molecule has 1 amide bonds. The molecular weight excluding hydrogens is 164 g/mol. The Balaban J connectivity index is 2.42. The first-order chi connectivity index (χ1) is 6.29. The Bertz CT molecular complexity index is 164. The van der Waals surface area contributed by atoms with Crippen LogP contribution in [0.15, 0.2) is 0 Å². The van der Waals surface area contributed by atoms with E-state index >= 15 is 0 Å². The number of nitrogens with two attached hydrogens (primary N) is 1. The zero-order chi connectivity index (χ0) is 9.68. The van der Waals surface area contributed by atoms with Crippen molar-refractivity contribution >= 4 is 5.91 Å². The molecule has 0 heterocycles.